The number of hydrogen-bond acceptors (Lipinski definition) is 4. The molecular weight excluding hydrogens is 316 g/mol. The van der Waals surface area contributed by atoms with Crippen molar-refractivity contribution in [2.24, 2.45) is 0 Å². The highest BCUT2D eigenvalue weighted by atomic mass is 16.5. The molecular formula is C20H20N2O3. The monoisotopic (exact) mass is 336 g/mol. The predicted molar refractivity (Wildman–Crippen MR) is 97.1 cm³/mol. The lowest BCUT2D eigenvalue weighted by atomic mass is 10.1. The molecule has 0 aliphatic rings. The van der Waals surface area contributed by atoms with Crippen LogP contribution in [0, 0.1) is 0 Å². The third kappa shape index (κ3) is 3.55. The van der Waals surface area contributed by atoms with Crippen LogP contribution in [0.5, 0.6) is 11.5 Å². The topological polar surface area (TPSA) is 51.7 Å². The summed E-state index contributed by atoms with van der Waals surface area (Å²) in [6.45, 7) is 0.412. The Labute approximate surface area is 146 Å². The van der Waals surface area contributed by atoms with E-state index in [0.717, 1.165) is 16.3 Å². The smallest absolute Gasteiger partial charge is 0.271 e. The first-order valence-corrected chi connectivity index (χ1v) is 7.95. The molecule has 2 aromatic carbocycles. The van der Waals surface area contributed by atoms with E-state index >= 15 is 0 Å². The molecule has 3 rings (SSSR count). The first-order valence-electron chi connectivity index (χ1n) is 7.95. The highest BCUT2D eigenvalue weighted by Gasteiger charge is 2.15. The average molecular weight is 336 g/mol. The molecule has 0 fully saturated rings. The van der Waals surface area contributed by atoms with Gasteiger partial charge < -0.3 is 14.4 Å². The van der Waals surface area contributed by atoms with Gasteiger partial charge in [0.05, 0.1) is 7.11 Å². The van der Waals surface area contributed by atoms with Gasteiger partial charge in [0.2, 0.25) is 0 Å². The van der Waals surface area contributed by atoms with Gasteiger partial charge in [0, 0.05) is 31.1 Å². The van der Waals surface area contributed by atoms with E-state index in [2.05, 4.69) is 4.98 Å². The zero-order chi connectivity index (χ0) is 17.8. The van der Waals surface area contributed by atoms with E-state index in [1.165, 1.54) is 4.90 Å². The summed E-state index contributed by atoms with van der Waals surface area (Å²) < 4.78 is 11.5. The van der Waals surface area contributed by atoms with E-state index in [-0.39, 0.29) is 5.91 Å². The molecule has 0 saturated carbocycles. The number of amides is 1. The Bertz CT molecular complexity index is 892. The standard InChI is InChI=1S/C20H20N2O3/c1-22(2)20(23)17-11-16-15(12-21-17)9-10-18(24-3)19(16)25-13-14-7-5-4-6-8-14/h4-12H,13H2,1-3H3. The Hall–Kier alpha value is -3.08. The Morgan fingerprint density at radius 3 is 2.56 bits per heavy atom. The molecule has 0 aliphatic carbocycles. The molecule has 0 N–H and O–H groups in total. The fourth-order valence-electron chi connectivity index (χ4n) is 2.55. The number of methoxy groups -OCH3 is 1. The normalized spacial score (nSPS) is 10.5. The fraction of sp³-hybridized carbons (Fsp3) is 0.200. The summed E-state index contributed by atoms with van der Waals surface area (Å²) in [6, 6.07) is 15.4. The van der Waals surface area contributed by atoms with Crippen LogP contribution in [-0.2, 0) is 6.61 Å². The number of pyridine rings is 1. The molecule has 128 valence electrons. The van der Waals surface area contributed by atoms with Gasteiger partial charge in [0.15, 0.2) is 11.5 Å². The van der Waals surface area contributed by atoms with Crippen molar-refractivity contribution in [3.63, 3.8) is 0 Å². The Morgan fingerprint density at radius 2 is 1.88 bits per heavy atom. The average Bonchev–Trinajstić information content (AvgIpc) is 2.65. The third-order valence-electron chi connectivity index (χ3n) is 3.89. The summed E-state index contributed by atoms with van der Waals surface area (Å²) in [5.74, 6) is 1.08. The molecule has 3 aromatic rings. The first-order chi connectivity index (χ1) is 12.1. The summed E-state index contributed by atoms with van der Waals surface area (Å²) in [7, 11) is 5.00. The van der Waals surface area contributed by atoms with Crippen LogP contribution in [0.1, 0.15) is 16.1 Å². The minimum absolute atomic E-state index is 0.154. The van der Waals surface area contributed by atoms with Crippen LogP contribution in [0.4, 0.5) is 0 Å². The summed E-state index contributed by atoms with van der Waals surface area (Å²) >= 11 is 0. The van der Waals surface area contributed by atoms with Crippen molar-refractivity contribution in [3.8, 4) is 11.5 Å². The van der Waals surface area contributed by atoms with E-state index in [1.807, 2.05) is 42.5 Å². The van der Waals surface area contributed by atoms with Gasteiger partial charge in [0.1, 0.15) is 12.3 Å². The van der Waals surface area contributed by atoms with Crippen LogP contribution >= 0.6 is 0 Å². The molecule has 1 aromatic heterocycles. The maximum Gasteiger partial charge on any atom is 0.271 e. The Morgan fingerprint density at radius 1 is 1.12 bits per heavy atom. The lowest BCUT2D eigenvalue weighted by Crippen LogP contribution is -2.22. The van der Waals surface area contributed by atoms with Crippen LogP contribution in [0.2, 0.25) is 0 Å². The van der Waals surface area contributed by atoms with Crippen molar-refractivity contribution in [2.75, 3.05) is 21.2 Å². The summed E-state index contributed by atoms with van der Waals surface area (Å²) in [5, 5.41) is 1.69. The second kappa shape index (κ2) is 7.21. The molecule has 5 heteroatoms. The van der Waals surface area contributed by atoms with E-state index in [0.29, 0.717) is 23.8 Å². The van der Waals surface area contributed by atoms with Crippen molar-refractivity contribution in [3.05, 3.63) is 66.0 Å². The van der Waals surface area contributed by atoms with Crippen LogP contribution in [0.25, 0.3) is 10.8 Å². The van der Waals surface area contributed by atoms with E-state index in [1.54, 1.807) is 33.5 Å². The van der Waals surface area contributed by atoms with Gasteiger partial charge in [0.25, 0.3) is 5.91 Å². The van der Waals surface area contributed by atoms with Crippen LogP contribution < -0.4 is 9.47 Å². The van der Waals surface area contributed by atoms with Crippen molar-refractivity contribution in [2.45, 2.75) is 6.61 Å². The number of benzene rings is 2. The van der Waals surface area contributed by atoms with Gasteiger partial charge >= 0.3 is 0 Å². The highest BCUT2D eigenvalue weighted by molar-refractivity contribution is 5.98. The number of nitrogens with zero attached hydrogens (tertiary/aromatic N) is 2. The highest BCUT2D eigenvalue weighted by Crippen LogP contribution is 2.36. The molecule has 0 atom stereocenters. The van der Waals surface area contributed by atoms with Gasteiger partial charge in [-0.15, -0.1) is 0 Å². The Kier molecular flexibility index (Phi) is 4.84. The lowest BCUT2D eigenvalue weighted by molar-refractivity contribution is 0.0822. The van der Waals surface area contributed by atoms with E-state index in [9.17, 15) is 4.79 Å². The summed E-state index contributed by atoms with van der Waals surface area (Å²) in [5.41, 5.74) is 1.43. The third-order valence-corrected chi connectivity index (χ3v) is 3.89. The van der Waals surface area contributed by atoms with Gasteiger partial charge in [-0.1, -0.05) is 30.3 Å². The predicted octanol–water partition coefficient (Wildman–Crippen LogP) is 3.52. The number of aromatic nitrogens is 1. The van der Waals surface area contributed by atoms with Crippen molar-refractivity contribution >= 4 is 16.7 Å². The SMILES string of the molecule is COc1ccc2cnc(C(=O)N(C)C)cc2c1OCc1ccccc1. The largest absolute Gasteiger partial charge is 0.493 e. The molecule has 5 nitrogen and oxygen atoms in total. The number of carbonyl (C=O) groups is 1. The zero-order valence-electron chi connectivity index (χ0n) is 14.5. The number of fused-ring (bicyclic) bond motifs is 1. The number of rotatable bonds is 5. The molecule has 25 heavy (non-hydrogen) atoms. The number of hydrogen-bond donors (Lipinski definition) is 0. The number of ether oxygens (including phenoxy) is 2. The van der Waals surface area contributed by atoms with E-state index in [4.69, 9.17) is 9.47 Å². The molecule has 0 spiro atoms. The second-order valence-corrected chi connectivity index (χ2v) is 5.86. The maximum atomic E-state index is 12.2. The van der Waals surface area contributed by atoms with Crippen LogP contribution in [0.3, 0.4) is 0 Å². The minimum atomic E-state index is -0.154. The quantitative estimate of drug-likeness (QED) is 0.715. The zero-order valence-corrected chi connectivity index (χ0v) is 14.5. The molecule has 0 radical (unpaired) electrons. The fourth-order valence-corrected chi connectivity index (χ4v) is 2.55. The molecule has 0 unspecified atom stereocenters. The van der Waals surface area contributed by atoms with Crippen molar-refractivity contribution < 1.29 is 14.3 Å². The summed E-state index contributed by atoms with van der Waals surface area (Å²) in [4.78, 5) is 18.0. The molecule has 1 amide bonds. The number of carbonyl (C=O) groups excluding carboxylic acids is 1. The molecule has 0 bridgehead atoms. The molecule has 0 aliphatic heterocycles. The van der Waals surface area contributed by atoms with Crippen LogP contribution in [-0.4, -0.2) is 37.0 Å². The summed E-state index contributed by atoms with van der Waals surface area (Å²) in [6.07, 6.45) is 1.68. The second-order valence-electron chi connectivity index (χ2n) is 5.86. The van der Waals surface area contributed by atoms with Crippen molar-refractivity contribution in [1.29, 1.82) is 0 Å². The lowest BCUT2D eigenvalue weighted by Gasteiger charge is -2.15. The molecule has 0 saturated heterocycles. The minimum Gasteiger partial charge on any atom is -0.493 e. The maximum absolute atomic E-state index is 12.2. The first kappa shape index (κ1) is 16.8. The van der Waals surface area contributed by atoms with Crippen molar-refractivity contribution in [1.82, 2.24) is 9.88 Å². The van der Waals surface area contributed by atoms with Gasteiger partial charge in [-0.05, 0) is 23.8 Å². The molecule has 1 heterocycles. The van der Waals surface area contributed by atoms with Crippen LogP contribution in [0.15, 0.2) is 54.7 Å². The van der Waals surface area contributed by atoms with E-state index < -0.39 is 0 Å². The van der Waals surface area contributed by atoms with Gasteiger partial charge in [-0.3, -0.25) is 9.78 Å². The van der Waals surface area contributed by atoms with Gasteiger partial charge in [-0.25, -0.2) is 0 Å². The van der Waals surface area contributed by atoms with Gasteiger partial charge in [-0.2, -0.15) is 0 Å². The Balaban J connectivity index is 2.03.